The van der Waals surface area contributed by atoms with E-state index in [-0.39, 0.29) is 0 Å². The molecule has 0 unspecified atom stereocenters. The van der Waals surface area contributed by atoms with Gasteiger partial charge in [-0.2, -0.15) is 0 Å². The molecule has 5 nitrogen and oxygen atoms in total. The van der Waals surface area contributed by atoms with E-state index >= 15 is 0 Å². The SMILES string of the molecule is CN[C@@H](Cc1ccc(C(N)=O)cc1)C(=O)O. The molecular weight excluding hydrogens is 208 g/mol. The summed E-state index contributed by atoms with van der Waals surface area (Å²) in [6.45, 7) is 0. The van der Waals surface area contributed by atoms with Crippen LogP contribution in [0.1, 0.15) is 15.9 Å². The molecule has 0 saturated carbocycles. The highest BCUT2D eigenvalue weighted by molar-refractivity contribution is 5.92. The quantitative estimate of drug-likeness (QED) is 0.653. The topological polar surface area (TPSA) is 92.4 Å². The zero-order valence-electron chi connectivity index (χ0n) is 8.93. The summed E-state index contributed by atoms with van der Waals surface area (Å²) in [7, 11) is 1.59. The Balaban J connectivity index is 2.75. The van der Waals surface area contributed by atoms with E-state index in [1.807, 2.05) is 0 Å². The molecule has 1 aromatic rings. The first kappa shape index (κ1) is 12.2. The predicted molar refractivity (Wildman–Crippen MR) is 59.1 cm³/mol. The van der Waals surface area contributed by atoms with Crippen molar-refractivity contribution in [3.63, 3.8) is 0 Å². The molecule has 1 atom stereocenters. The number of carbonyl (C=O) groups is 2. The van der Waals surface area contributed by atoms with Crippen LogP contribution in [-0.2, 0) is 11.2 Å². The van der Waals surface area contributed by atoms with Gasteiger partial charge in [0.2, 0.25) is 5.91 Å². The van der Waals surface area contributed by atoms with Crippen LogP contribution in [0.3, 0.4) is 0 Å². The highest BCUT2D eigenvalue weighted by Gasteiger charge is 2.15. The molecule has 1 amide bonds. The molecule has 0 radical (unpaired) electrons. The highest BCUT2D eigenvalue weighted by atomic mass is 16.4. The Hall–Kier alpha value is -1.88. The molecule has 0 aromatic heterocycles. The summed E-state index contributed by atoms with van der Waals surface area (Å²) in [4.78, 5) is 21.6. The Kier molecular flexibility index (Phi) is 4.02. The number of primary amides is 1. The molecule has 0 aliphatic heterocycles. The van der Waals surface area contributed by atoms with Crippen molar-refractivity contribution >= 4 is 11.9 Å². The summed E-state index contributed by atoms with van der Waals surface area (Å²) < 4.78 is 0. The molecule has 86 valence electrons. The Morgan fingerprint density at radius 3 is 2.31 bits per heavy atom. The van der Waals surface area contributed by atoms with Gasteiger partial charge in [0.05, 0.1) is 0 Å². The Morgan fingerprint density at radius 1 is 1.38 bits per heavy atom. The van der Waals surface area contributed by atoms with Gasteiger partial charge < -0.3 is 16.2 Å². The van der Waals surface area contributed by atoms with Crippen LogP contribution < -0.4 is 11.1 Å². The van der Waals surface area contributed by atoms with Crippen molar-refractivity contribution < 1.29 is 14.7 Å². The lowest BCUT2D eigenvalue weighted by molar-refractivity contribution is -0.139. The van der Waals surface area contributed by atoms with Crippen molar-refractivity contribution in [3.8, 4) is 0 Å². The largest absolute Gasteiger partial charge is 0.480 e. The van der Waals surface area contributed by atoms with Crippen LogP contribution in [0.2, 0.25) is 0 Å². The number of nitrogens with two attached hydrogens (primary N) is 1. The summed E-state index contributed by atoms with van der Waals surface area (Å²) in [6.07, 6.45) is 0.366. The minimum absolute atomic E-state index is 0.366. The lowest BCUT2D eigenvalue weighted by Gasteiger charge is -2.10. The summed E-state index contributed by atoms with van der Waals surface area (Å²) >= 11 is 0. The summed E-state index contributed by atoms with van der Waals surface area (Å²) in [5.74, 6) is -1.39. The van der Waals surface area contributed by atoms with Gasteiger partial charge in [-0.15, -0.1) is 0 Å². The first-order valence-corrected chi connectivity index (χ1v) is 4.83. The summed E-state index contributed by atoms with van der Waals surface area (Å²) in [6, 6.07) is 5.96. The van der Waals surface area contributed by atoms with Gasteiger partial charge in [0.25, 0.3) is 0 Å². The number of carbonyl (C=O) groups excluding carboxylic acids is 1. The van der Waals surface area contributed by atoms with Crippen molar-refractivity contribution in [1.29, 1.82) is 0 Å². The van der Waals surface area contributed by atoms with Gasteiger partial charge in [-0.1, -0.05) is 12.1 Å². The molecule has 0 fully saturated rings. The third-order valence-electron chi connectivity index (χ3n) is 2.32. The monoisotopic (exact) mass is 222 g/mol. The second-order valence-corrected chi connectivity index (χ2v) is 3.44. The van der Waals surface area contributed by atoms with Crippen LogP contribution >= 0.6 is 0 Å². The third-order valence-corrected chi connectivity index (χ3v) is 2.32. The number of rotatable bonds is 5. The van der Waals surface area contributed by atoms with Gasteiger partial charge >= 0.3 is 5.97 Å². The molecule has 0 spiro atoms. The van der Waals surface area contributed by atoms with Gasteiger partial charge in [-0.25, -0.2) is 0 Å². The van der Waals surface area contributed by atoms with Gasteiger partial charge in [0.15, 0.2) is 0 Å². The fraction of sp³-hybridized carbons (Fsp3) is 0.273. The fourth-order valence-electron chi connectivity index (χ4n) is 1.35. The maximum atomic E-state index is 10.8. The second-order valence-electron chi connectivity index (χ2n) is 3.44. The minimum Gasteiger partial charge on any atom is -0.480 e. The predicted octanol–water partition coefficient (Wildman–Crippen LogP) is 0.000600. The molecule has 0 heterocycles. The van der Waals surface area contributed by atoms with Crippen LogP contribution in [0, 0.1) is 0 Å². The smallest absolute Gasteiger partial charge is 0.321 e. The molecular formula is C11H14N2O3. The Morgan fingerprint density at radius 2 is 1.94 bits per heavy atom. The van der Waals surface area contributed by atoms with E-state index in [1.165, 1.54) is 0 Å². The Labute approximate surface area is 93.3 Å². The van der Waals surface area contributed by atoms with E-state index in [9.17, 15) is 9.59 Å². The number of benzene rings is 1. The first-order valence-electron chi connectivity index (χ1n) is 4.83. The zero-order valence-corrected chi connectivity index (χ0v) is 8.93. The molecule has 0 saturated heterocycles. The van der Waals surface area contributed by atoms with Crippen LogP contribution in [0.5, 0.6) is 0 Å². The zero-order chi connectivity index (χ0) is 12.1. The van der Waals surface area contributed by atoms with Gasteiger partial charge in [0.1, 0.15) is 6.04 Å². The van der Waals surface area contributed by atoms with Crippen LogP contribution in [-0.4, -0.2) is 30.1 Å². The first-order chi connectivity index (χ1) is 7.54. The van der Waals surface area contributed by atoms with Gasteiger partial charge in [-0.3, -0.25) is 9.59 Å². The van der Waals surface area contributed by atoms with E-state index in [1.54, 1.807) is 31.3 Å². The molecule has 4 N–H and O–H groups in total. The van der Waals surface area contributed by atoms with Crippen LogP contribution in [0.4, 0.5) is 0 Å². The van der Waals surface area contributed by atoms with Crippen molar-refractivity contribution in [2.75, 3.05) is 7.05 Å². The summed E-state index contributed by atoms with van der Waals surface area (Å²) in [5, 5.41) is 11.5. The third kappa shape index (κ3) is 3.06. The number of nitrogens with one attached hydrogen (secondary N) is 1. The molecule has 1 aromatic carbocycles. The van der Waals surface area contributed by atoms with Crippen molar-refractivity contribution in [1.82, 2.24) is 5.32 Å². The lowest BCUT2D eigenvalue weighted by atomic mass is 10.0. The number of amides is 1. The van der Waals surface area contributed by atoms with E-state index in [0.717, 1.165) is 5.56 Å². The van der Waals surface area contributed by atoms with Crippen LogP contribution in [0.15, 0.2) is 24.3 Å². The maximum absolute atomic E-state index is 10.8. The standard InChI is InChI=1S/C11H14N2O3/c1-13-9(11(15)16)6-7-2-4-8(5-3-7)10(12)14/h2-5,9,13H,6H2,1H3,(H2,12,14)(H,15,16)/t9-/m0/s1. The molecule has 5 heteroatoms. The van der Waals surface area contributed by atoms with E-state index < -0.39 is 17.9 Å². The average molecular weight is 222 g/mol. The highest BCUT2D eigenvalue weighted by Crippen LogP contribution is 2.06. The number of likely N-dealkylation sites (N-methyl/N-ethyl adjacent to an activating group) is 1. The molecule has 0 aliphatic carbocycles. The Bertz CT molecular complexity index is 387. The maximum Gasteiger partial charge on any atom is 0.321 e. The fourth-order valence-corrected chi connectivity index (χ4v) is 1.35. The van der Waals surface area contributed by atoms with E-state index in [4.69, 9.17) is 10.8 Å². The molecule has 0 bridgehead atoms. The minimum atomic E-state index is -0.901. The molecule has 1 rings (SSSR count). The van der Waals surface area contributed by atoms with E-state index in [2.05, 4.69) is 5.32 Å². The number of hydrogen-bond acceptors (Lipinski definition) is 3. The number of carboxylic acids is 1. The average Bonchev–Trinajstić information content (AvgIpc) is 2.26. The van der Waals surface area contributed by atoms with Crippen molar-refractivity contribution in [2.24, 2.45) is 5.73 Å². The number of aliphatic carboxylic acids is 1. The van der Waals surface area contributed by atoms with Gasteiger partial charge in [0, 0.05) is 5.56 Å². The number of carboxylic acid groups (broad SMARTS) is 1. The van der Waals surface area contributed by atoms with E-state index in [0.29, 0.717) is 12.0 Å². The summed E-state index contributed by atoms with van der Waals surface area (Å²) in [5.41, 5.74) is 6.35. The van der Waals surface area contributed by atoms with Crippen molar-refractivity contribution in [3.05, 3.63) is 35.4 Å². The van der Waals surface area contributed by atoms with Crippen molar-refractivity contribution in [2.45, 2.75) is 12.5 Å². The normalized spacial score (nSPS) is 12.1. The van der Waals surface area contributed by atoms with Crippen LogP contribution in [0.25, 0.3) is 0 Å². The van der Waals surface area contributed by atoms with Gasteiger partial charge in [-0.05, 0) is 31.2 Å². The number of hydrogen-bond donors (Lipinski definition) is 3. The second kappa shape index (κ2) is 5.27. The lowest BCUT2D eigenvalue weighted by Crippen LogP contribution is -2.35. The molecule has 16 heavy (non-hydrogen) atoms. The molecule has 0 aliphatic rings.